The summed E-state index contributed by atoms with van der Waals surface area (Å²) in [5, 5.41) is 3.25. The van der Waals surface area contributed by atoms with Gasteiger partial charge in [0.25, 0.3) is 5.56 Å². The van der Waals surface area contributed by atoms with Crippen molar-refractivity contribution in [1.29, 1.82) is 0 Å². The summed E-state index contributed by atoms with van der Waals surface area (Å²) in [6.07, 6.45) is 1.76. The van der Waals surface area contributed by atoms with Crippen LogP contribution < -0.4 is 22.3 Å². The Labute approximate surface area is 216 Å². The van der Waals surface area contributed by atoms with Crippen molar-refractivity contribution in [3.05, 3.63) is 111 Å². The fraction of sp³-hybridized carbons (Fsp3) is 0.241. The molecule has 0 aliphatic carbocycles. The van der Waals surface area contributed by atoms with Gasteiger partial charge in [-0.3, -0.25) is 23.9 Å². The minimum atomic E-state index is -0.500. The van der Waals surface area contributed by atoms with Gasteiger partial charge in [-0.15, -0.1) is 0 Å². The Kier molecular flexibility index (Phi) is 7.38. The van der Waals surface area contributed by atoms with Gasteiger partial charge in [0.15, 0.2) is 0 Å². The molecule has 2 aromatic carbocycles. The van der Waals surface area contributed by atoms with E-state index >= 15 is 0 Å². The smallest absolute Gasteiger partial charge is 0.332 e. The maximum absolute atomic E-state index is 13.3. The molecule has 2 aromatic heterocycles. The standard InChI is InChI=1S/C29H32N6O2/c1-29(2,3)19-35-25(30)24(27(36)34(4)28(35)37)26(33-22-10-6-5-7-11-22)32-18-20-13-15-21(16-14-20)23-12-8-9-17-31-23/h5-17H,18-19,30H2,1-4H3,(H,32,33). The van der Waals surface area contributed by atoms with Crippen molar-refractivity contribution in [2.75, 3.05) is 11.1 Å². The maximum Gasteiger partial charge on any atom is 0.332 e. The van der Waals surface area contributed by atoms with Crippen molar-refractivity contribution in [2.45, 2.75) is 33.9 Å². The van der Waals surface area contributed by atoms with Crippen LogP contribution in [-0.2, 0) is 20.1 Å². The number of para-hydroxylation sites is 1. The number of nitrogens with one attached hydrogen (secondary N) is 1. The molecule has 0 fully saturated rings. The average molecular weight is 497 g/mol. The largest absolute Gasteiger partial charge is 0.384 e. The molecule has 37 heavy (non-hydrogen) atoms. The number of pyridine rings is 1. The third-order valence-electron chi connectivity index (χ3n) is 5.82. The van der Waals surface area contributed by atoms with E-state index < -0.39 is 11.2 Å². The van der Waals surface area contributed by atoms with E-state index in [1.807, 2.05) is 93.6 Å². The quantitative estimate of drug-likeness (QED) is 0.306. The Balaban J connectivity index is 1.77. The van der Waals surface area contributed by atoms with E-state index in [0.29, 0.717) is 18.9 Å². The number of amidine groups is 1. The van der Waals surface area contributed by atoms with E-state index in [2.05, 4.69) is 10.3 Å². The number of nitrogens with two attached hydrogens (primary N) is 1. The lowest BCUT2D eigenvalue weighted by Crippen LogP contribution is -2.45. The van der Waals surface area contributed by atoms with E-state index in [1.165, 1.54) is 11.6 Å². The number of aliphatic imine (C=N–C) groups is 1. The van der Waals surface area contributed by atoms with Crippen molar-refractivity contribution < 1.29 is 0 Å². The fourth-order valence-electron chi connectivity index (χ4n) is 3.96. The number of rotatable bonds is 6. The molecule has 0 radical (unpaired) electrons. The van der Waals surface area contributed by atoms with Crippen LogP contribution in [0.4, 0.5) is 11.5 Å². The predicted octanol–water partition coefficient (Wildman–Crippen LogP) is 4.30. The number of benzene rings is 2. The first-order chi connectivity index (χ1) is 17.6. The van der Waals surface area contributed by atoms with Crippen LogP contribution in [0.15, 0.2) is 93.6 Å². The summed E-state index contributed by atoms with van der Waals surface area (Å²) in [6, 6.07) is 23.2. The van der Waals surface area contributed by atoms with Crippen molar-refractivity contribution in [3.63, 3.8) is 0 Å². The Morgan fingerprint density at radius 2 is 1.65 bits per heavy atom. The molecule has 0 atom stereocenters. The lowest BCUT2D eigenvalue weighted by molar-refractivity contribution is 0.334. The van der Waals surface area contributed by atoms with Gasteiger partial charge in [0.2, 0.25) is 0 Å². The van der Waals surface area contributed by atoms with E-state index in [4.69, 9.17) is 10.7 Å². The second-order valence-corrected chi connectivity index (χ2v) is 10.1. The Bertz CT molecular complexity index is 1510. The minimum absolute atomic E-state index is 0.0932. The van der Waals surface area contributed by atoms with Gasteiger partial charge in [-0.05, 0) is 35.2 Å². The zero-order valence-electron chi connectivity index (χ0n) is 21.6. The molecule has 0 saturated carbocycles. The monoisotopic (exact) mass is 496 g/mol. The van der Waals surface area contributed by atoms with Gasteiger partial charge in [0, 0.05) is 31.0 Å². The molecule has 0 amide bonds. The van der Waals surface area contributed by atoms with Crippen LogP contribution in [0.3, 0.4) is 0 Å². The van der Waals surface area contributed by atoms with E-state index in [9.17, 15) is 9.59 Å². The normalized spacial score (nSPS) is 11.9. The van der Waals surface area contributed by atoms with Crippen LogP contribution in [0.5, 0.6) is 0 Å². The minimum Gasteiger partial charge on any atom is -0.384 e. The average Bonchev–Trinajstić information content (AvgIpc) is 2.89. The second kappa shape index (κ2) is 10.7. The number of anilines is 2. The number of aromatic nitrogens is 3. The highest BCUT2D eigenvalue weighted by Gasteiger charge is 2.23. The molecule has 2 heterocycles. The maximum atomic E-state index is 13.3. The van der Waals surface area contributed by atoms with Crippen LogP contribution in [-0.4, -0.2) is 20.0 Å². The van der Waals surface area contributed by atoms with E-state index in [1.54, 1.807) is 6.20 Å². The molecule has 0 aliphatic heterocycles. The van der Waals surface area contributed by atoms with Gasteiger partial charge in [-0.25, -0.2) is 4.79 Å². The summed E-state index contributed by atoms with van der Waals surface area (Å²) in [6.45, 7) is 6.69. The highest BCUT2D eigenvalue weighted by Crippen LogP contribution is 2.20. The highest BCUT2D eigenvalue weighted by atomic mass is 16.2. The number of nitrogen functional groups attached to an aromatic ring is 1. The van der Waals surface area contributed by atoms with Crippen molar-refractivity contribution in [3.8, 4) is 11.3 Å². The third kappa shape index (κ3) is 6.03. The first kappa shape index (κ1) is 25.6. The third-order valence-corrected chi connectivity index (χ3v) is 5.82. The summed E-state index contributed by atoms with van der Waals surface area (Å²) >= 11 is 0. The molecule has 0 bridgehead atoms. The fourth-order valence-corrected chi connectivity index (χ4v) is 3.96. The van der Waals surface area contributed by atoms with Crippen LogP contribution in [0, 0.1) is 5.41 Å². The first-order valence-electron chi connectivity index (χ1n) is 12.1. The molecular weight excluding hydrogens is 464 g/mol. The molecule has 8 nitrogen and oxygen atoms in total. The molecular formula is C29H32N6O2. The summed E-state index contributed by atoms with van der Waals surface area (Å²) in [5.74, 6) is 0.400. The molecule has 0 aliphatic rings. The molecule has 0 spiro atoms. The molecule has 4 aromatic rings. The van der Waals surface area contributed by atoms with Crippen LogP contribution in [0.2, 0.25) is 0 Å². The zero-order chi connectivity index (χ0) is 26.6. The van der Waals surface area contributed by atoms with Gasteiger partial charge in [-0.2, -0.15) is 0 Å². The molecule has 0 saturated heterocycles. The number of hydrogen-bond acceptors (Lipinski definition) is 5. The summed E-state index contributed by atoms with van der Waals surface area (Å²) in [7, 11) is 1.46. The van der Waals surface area contributed by atoms with Crippen LogP contribution in [0.1, 0.15) is 31.9 Å². The molecule has 0 unspecified atom stereocenters. The summed E-state index contributed by atoms with van der Waals surface area (Å²) in [4.78, 5) is 35.4. The van der Waals surface area contributed by atoms with Crippen LogP contribution in [0.25, 0.3) is 11.3 Å². The van der Waals surface area contributed by atoms with Gasteiger partial charge in [-0.1, -0.05) is 69.3 Å². The molecule has 4 rings (SSSR count). The van der Waals surface area contributed by atoms with Crippen LogP contribution >= 0.6 is 0 Å². The van der Waals surface area contributed by atoms with Gasteiger partial charge in [0.05, 0.1) is 12.2 Å². The van der Waals surface area contributed by atoms with Gasteiger partial charge in [0.1, 0.15) is 17.2 Å². The zero-order valence-corrected chi connectivity index (χ0v) is 21.6. The SMILES string of the molecule is Cn1c(=O)c(C(=NCc2ccc(-c3ccccn3)cc2)Nc2ccccc2)c(N)n(CC(C)(C)C)c1=O. The van der Waals surface area contributed by atoms with Crippen molar-refractivity contribution in [2.24, 2.45) is 17.5 Å². The molecule has 3 N–H and O–H groups in total. The second-order valence-electron chi connectivity index (χ2n) is 10.1. The Morgan fingerprint density at radius 1 is 0.973 bits per heavy atom. The summed E-state index contributed by atoms with van der Waals surface area (Å²) < 4.78 is 2.53. The molecule has 190 valence electrons. The highest BCUT2D eigenvalue weighted by molar-refractivity contribution is 6.10. The van der Waals surface area contributed by atoms with Gasteiger partial charge >= 0.3 is 5.69 Å². The topological polar surface area (TPSA) is 107 Å². The Hall–Kier alpha value is -4.46. The van der Waals surface area contributed by atoms with Crippen molar-refractivity contribution in [1.82, 2.24) is 14.1 Å². The molecule has 8 heteroatoms. The Morgan fingerprint density at radius 3 is 2.27 bits per heavy atom. The number of hydrogen-bond donors (Lipinski definition) is 2. The summed E-state index contributed by atoms with van der Waals surface area (Å²) in [5.41, 5.74) is 9.07. The van der Waals surface area contributed by atoms with Crippen molar-refractivity contribution >= 4 is 17.3 Å². The lowest BCUT2D eigenvalue weighted by Gasteiger charge is -2.23. The van der Waals surface area contributed by atoms with E-state index in [-0.39, 0.29) is 16.8 Å². The lowest BCUT2D eigenvalue weighted by atomic mass is 9.97. The first-order valence-corrected chi connectivity index (χ1v) is 12.1. The van der Waals surface area contributed by atoms with E-state index in [0.717, 1.165) is 27.1 Å². The number of nitrogens with zero attached hydrogens (tertiary/aromatic N) is 4. The van der Waals surface area contributed by atoms with Gasteiger partial charge < -0.3 is 11.1 Å². The predicted molar refractivity (Wildman–Crippen MR) is 150 cm³/mol.